The molecule has 0 saturated heterocycles. The molecule has 5 nitrogen and oxygen atoms in total. The van der Waals surface area contributed by atoms with Crippen molar-refractivity contribution in [2.45, 2.75) is 26.7 Å². The number of aryl methyl sites for hydroxylation is 2. The third-order valence-electron chi connectivity index (χ3n) is 3.94. The second kappa shape index (κ2) is 7.45. The SMILES string of the molecule is Cc1nn(C)c(C)c1CCC(=O)Nc1nc(-c2cc(Cl)sc2Cl)cs1. The van der Waals surface area contributed by atoms with E-state index in [0.717, 1.165) is 22.5 Å². The molecular weight excluding hydrogens is 399 g/mol. The van der Waals surface area contributed by atoms with Gasteiger partial charge in [-0.15, -0.1) is 22.7 Å². The van der Waals surface area contributed by atoms with Gasteiger partial charge in [0.05, 0.1) is 15.7 Å². The van der Waals surface area contributed by atoms with Crippen LogP contribution in [0.4, 0.5) is 5.13 Å². The molecule has 25 heavy (non-hydrogen) atoms. The highest BCUT2D eigenvalue weighted by Crippen LogP contribution is 2.39. The van der Waals surface area contributed by atoms with E-state index in [-0.39, 0.29) is 5.91 Å². The van der Waals surface area contributed by atoms with Crippen LogP contribution in [0.25, 0.3) is 11.3 Å². The van der Waals surface area contributed by atoms with Crippen molar-refractivity contribution in [3.63, 3.8) is 0 Å². The summed E-state index contributed by atoms with van der Waals surface area (Å²) in [4.78, 5) is 16.6. The molecule has 3 heterocycles. The molecule has 1 N–H and O–H groups in total. The van der Waals surface area contributed by atoms with E-state index in [4.69, 9.17) is 23.2 Å². The molecule has 3 aromatic heterocycles. The number of rotatable bonds is 5. The average Bonchev–Trinajstić information content (AvgIpc) is 3.18. The zero-order chi connectivity index (χ0) is 18.1. The minimum atomic E-state index is -0.0713. The molecule has 0 radical (unpaired) electrons. The molecule has 9 heteroatoms. The second-order valence-electron chi connectivity index (χ2n) is 5.60. The van der Waals surface area contributed by atoms with Gasteiger partial charge >= 0.3 is 0 Å². The summed E-state index contributed by atoms with van der Waals surface area (Å²) >= 11 is 14.8. The number of hydrogen-bond acceptors (Lipinski definition) is 5. The van der Waals surface area contributed by atoms with Gasteiger partial charge in [-0.2, -0.15) is 5.10 Å². The molecule has 0 aliphatic carbocycles. The van der Waals surface area contributed by atoms with Crippen molar-refractivity contribution in [1.82, 2.24) is 14.8 Å². The van der Waals surface area contributed by atoms with Crippen LogP contribution in [0.1, 0.15) is 23.4 Å². The fourth-order valence-electron chi connectivity index (χ4n) is 2.57. The van der Waals surface area contributed by atoms with Crippen molar-refractivity contribution < 1.29 is 4.79 Å². The van der Waals surface area contributed by atoms with E-state index in [1.807, 2.05) is 31.0 Å². The number of nitrogens with one attached hydrogen (secondary N) is 1. The van der Waals surface area contributed by atoms with Gasteiger partial charge in [0.2, 0.25) is 5.91 Å². The molecule has 0 unspecified atom stereocenters. The molecule has 0 aromatic carbocycles. The summed E-state index contributed by atoms with van der Waals surface area (Å²) in [5.41, 5.74) is 4.68. The van der Waals surface area contributed by atoms with Crippen molar-refractivity contribution in [3.8, 4) is 11.3 Å². The van der Waals surface area contributed by atoms with Gasteiger partial charge in [-0.05, 0) is 31.9 Å². The average molecular weight is 415 g/mol. The molecule has 0 fully saturated rings. The Labute approximate surface area is 163 Å². The van der Waals surface area contributed by atoms with Crippen LogP contribution in [0, 0.1) is 13.8 Å². The molecule has 0 atom stereocenters. The monoisotopic (exact) mass is 414 g/mol. The predicted octanol–water partition coefficient (Wildman–Crippen LogP) is 5.10. The maximum absolute atomic E-state index is 12.2. The summed E-state index contributed by atoms with van der Waals surface area (Å²) in [5, 5.41) is 9.63. The summed E-state index contributed by atoms with van der Waals surface area (Å²) < 4.78 is 3.04. The quantitative estimate of drug-likeness (QED) is 0.631. The Morgan fingerprint density at radius 2 is 2.12 bits per heavy atom. The zero-order valence-corrected chi connectivity index (χ0v) is 17.0. The molecule has 0 spiro atoms. The Bertz CT molecular complexity index is 929. The molecule has 0 aliphatic rings. The summed E-state index contributed by atoms with van der Waals surface area (Å²) in [6, 6.07) is 1.78. The lowest BCUT2D eigenvalue weighted by atomic mass is 10.1. The lowest BCUT2D eigenvalue weighted by Crippen LogP contribution is -2.12. The van der Waals surface area contributed by atoms with E-state index in [2.05, 4.69) is 15.4 Å². The minimum Gasteiger partial charge on any atom is -0.302 e. The first-order chi connectivity index (χ1) is 11.8. The summed E-state index contributed by atoms with van der Waals surface area (Å²) in [6.45, 7) is 3.97. The van der Waals surface area contributed by atoms with Crippen LogP contribution >= 0.6 is 45.9 Å². The lowest BCUT2D eigenvalue weighted by Gasteiger charge is -2.03. The fourth-order valence-corrected chi connectivity index (χ4v) is 4.78. The number of anilines is 1. The van der Waals surface area contributed by atoms with Gasteiger partial charge in [-0.25, -0.2) is 4.98 Å². The van der Waals surface area contributed by atoms with Crippen LogP contribution < -0.4 is 5.32 Å². The number of amides is 1. The normalized spacial score (nSPS) is 11.1. The highest BCUT2D eigenvalue weighted by Gasteiger charge is 2.15. The topological polar surface area (TPSA) is 59.8 Å². The number of aromatic nitrogens is 3. The highest BCUT2D eigenvalue weighted by atomic mass is 35.5. The molecule has 1 amide bonds. The number of hydrogen-bond donors (Lipinski definition) is 1. The smallest absolute Gasteiger partial charge is 0.226 e. The van der Waals surface area contributed by atoms with Crippen LogP contribution in [0.3, 0.4) is 0 Å². The number of nitrogens with zero attached hydrogens (tertiary/aromatic N) is 3. The number of thiophene rings is 1. The Balaban J connectivity index is 1.63. The van der Waals surface area contributed by atoms with Gasteiger partial charge < -0.3 is 5.32 Å². The third-order valence-corrected chi connectivity index (χ3v) is 6.19. The Kier molecular flexibility index (Phi) is 5.48. The van der Waals surface area contributed by atoms with Crippen molar-refractivity contribution in [3.05, 3.63) is 37.1 Å². The van der Waals surface area contributed by atoms with Gasteiger partial charge in [0, 0.05) is 30.1 Å². The van der Waals surface area contributed by atoms with E-state index in [0.29, 0.717) is 32.3 Å². The maximum Gasteiger partial charge on any atom is 0.226 e. The first-order valence-electron chi connectivity index (χ1n) is 7.54. The minimum absolute atomic E-state index is 0.0713. The number of carbonyl (C=O) groups is 1. The highest BCUT2D eigenvalue weighted by molar-refractivity contribution is 7.20. The third kappa shape index (κ3) is 4.06. The maximum atomic E-state index is 12.2. The molecule has 3 aromatic rings. The molecule has 0 aliphatic heterocycles. The first-order valence-corrected chi connectivity index (χ1v) is 10.00. The fraction of sp³-hybridized carbons (Fsp3) is 0.312. The summed E-state index contributed by atoms with van der Waals surface area (Å²) in [5.74, 6) is -0.0713. The number of thiazole rings is 1. The van der Waals surface area contributed by atoms with Crippen molar-refractivity contribution in [2.24, 2.45) is 7.05 Å². The van der Waals surface area contributed by atoms with E-state index < -0.39 is 0 Å². The van der Waals surface area contributed by atoms with Crippen LogP contribution in [-0.4, -0.2) is 20.7 Å². The van der Waals surface area contributed by atoms with Gasteiger partial charge in [0.1, 0.15) is 4.34 Å². The molecule has 3 rings (SSSR count). The standard InChI is InChI=1S/C16H16Cl2N4OS2/c1-8-10(9(2)22(3)21-8)4-5-14(23)20-16-19-12(7-24-16)11-6-13(17)25-15(11)18/h6-7H,4-5H2,1-3H3,(H,19,20,23). The Morgan fingerprint density at radius 3 is 2.72 bits per heavy atom. The molecular formula is C16H16Cl2N4OS2. The van der Waals surface area contributed by atoms with Crippen LogP contribution in [0.5, 0.6) is 0 Å². The van der Waals surface area contributed by atoms with Gasteiger partial charge in [0.15, 0.2) is 5.13 Å². The van der Waals surface area contributed by atoms with E-state index in [9.17, 15) is 4.79 Å². The van der Waals surface area contributed by atoms with Gasteiger partial charge in [0.25, 0.3) is 0 Å². The van der Waals surface area contributed by atoms with Crippen molar-refractivity contribution in [1.29, 1.82) is 0 Å². The van der Waals surface area contributed by atoms with Gasteiger partial charge in [-0.3, -0.25) is 9.48 Å². The van der Waals surface area contributed by atoms with Crippen LogP contribution in [-0.2, 0) is 18.3 Å². The summed E-state index contributed by atoms with van der Waals surface area (Å²) in [6.07, 6.45) is 1.04. The van der Waals surface area contributed by atoms with Crippen LogP contribution in [0.2, 0.25) is 8.67 Å². The van der Waals surface area contributed by atoms with E-state index in [1.165, 1.54) is 22.7 Å². The zero-order valence-electron chi connectivity index (χ0n) is 13.9. The van der Waals surface area contributed by atoms with E-state index in [1.54, 1.807) is 6.07 Å². The largest absolute Gasteiger partial charge is 0.302 e. The van der Waals surface area contributed by atoms with Gasteiger partial charge in [-0.1, -0.05) is 23.2 Å². The van der Waals surface area contributed by atoms with Crippen molar-refractivity contribution >= 4 is 56.9 Å². The number of halogens is 2. The first kappa shape index (κ1) is 18.4. The molecule has 0 bridgehead atoms. The van der Waals surface area contributed by atoms with Crippen molar-refractivity contribution in [2.75, 3.05) is 5.32 Å². The van der Waals surface area contributed by atoms with Crippen LogP contribution in [0.15, 0.2) is 11.4 Å². The second-order valence-corrected chi connectivity index (χ2v) is 8.74. The number of carbonyl (C=O) groups excluding carboxylic acids is 1. The predicted molar refractivity (Wildman–Crippen MR) is 105 cm³/mol. The lowest BCUT2D eigenvalue weighted by molar-refractivity contribution is -0.116. The Hall–Kier alpha value is -1.41. The molecule has 0 saturated carbocycles. The molecule has 132 valence electrons. The van der Waals surface area contributed by atoms with E-state index >= 15 is 0 Å². The summed E-state index contributed by atoms with van der Waals surface area (Å²) in [7, 11) is 1.91. The Morgan fingerprint density at radius 1 is 1.36 bits per heavy atom.